The lowest BCUT2D eigenvalue weighted by molar-refractivity contribution is 0.100. The number of hydrogen-bond donors (Lipinski definition) is 0. The highest BCUT2D eigenvalue weighted by Crippen LogP contribution is 2.26. The molecule has 1 amide bonds. The molecule has 0 spiro atoms. The van der Waals surface area contributed by atoms with E-state index in [0.29, 0.717) is 11.3 Å². The van der Waals surface area contributed by atoms with Gasteiger partial charge in [0.15, 0.2) is 0 Å². The van der Waals surface area contributed by atoms with Crippen molar-refractivity contribution >= 4 is 11.6 Å². The van der Waals surface area contributed by atoms with Gasteiger partial charge < -0.3 is 0 Å². The van der Waals surface area contributed by atoms with Crippen LogP contribution in [-0.4, -0.2) is 5.91 Å². The second-order valence-corrected chi connectivity index (χ2v) is 2.53. The fourth-order valence-corrected chi connectivity index (χ4v) is 1.06. The lowest BCUT2D eigenvalue weighted by Crippen LogP contribution is -1.88. The molecular formula is C8H6N2O. The number of carbonyl (C=O) groups excluding carboxylic acids is 1. The number of azo groups is 1. The largest absolute Gasteiger partial charge is 0.297 e. The van der Waals surface area contributed by atoms with Crippen molar-refractivity contribution in [3.8, 4) is 0 Å². The zero-order chi connectivity index (χ0) is 7.84. The Kier molecular flexibility index (Phi) is 1.12. The number of amides is 1. The highest BCUT2D eigenvalue weighted by Gasteiger charge is 2.15. The van der Waals surface area contributed by atoms with Crippen LogP contribution >= 0.6 is 0 Å². The molecule has 54 valence electrons. The standard InChI is InChI=1S/C8H6N2O/c1-5-2-3-7-6(4-5)8(11)10-9-7/h2-4H,1H3. The van der Waals surface area contributed by atoms with E-state index in [4.69, 9.17) is 0 Å². The summed E-state index contributed by atoms with van der Waals surface area (Å²) in [5.74, 6) is -0.233. The lowest BCUT2D eigenvalue weighted by Gasteiger charge is -1.93. The molecule has 0 saturated heterocycles. The molecule has 0 fully saturated rings. The molecule has 0 N–H and O–H groups in total. The van der Waals surface area contributed by atoms with Crippen LogP contribution in [0.3, 0.4) is 0 Å². The van der Waals surface area contributed by atoms with E-state index in [0.717, 1.165) is 5.56 Å². The van der Waals surface area contributed by atoms with Gasteiger partial charge in [0.05, 0.1) is 11.3 Å². The van der Waals surface area contributed by atoms with E-state index >= 15 is 0 Å². The summed E-state index contributed by atoms with van der Waals surface area (Å²) in [5, 5.41) is 7.13. The smallest absolute Gasteiger partial charge is 0.265 e. The van der Waals surface area contributed by atoms with Gasteiger partial charge in [0, 0.05) is 0 Å². The van der Waals surface area contributed by atoms with E-state index in [1.165, 1.54) is 0 Å². The molecule has 0 aliphatic carbocycles. The van der Waals surface area contributed by atoms with Crippen molar-refractivity contribution in [2.24, 2.45) is 10.2 Å². The fraction of sp³-hybridized carbons (Fsp3) is 0.125. The number of carbonyl (C=O) groups is 1. The number of benzene rings is 1. The summed E-state index contributed by atoms with van der Waals surface area (Å²) in [6.45, 7) is 1.94. The summed E-state index contributed by atoms with van der Waals surface area (Å²) in [6, 6.07) is 5.52. The first-order valence-electron chi connectivity index (χ1n) is 3.34. The van der Waals surface area contributed by atoms with Gasteiger partial charge in [-0.15, -0.1) is 10.2 Å². The summed E-state index contributed by atoms with van der Waals surface area (Å²) in [7, 11) is 0. The molecule has 1 aromatic rings. The summed E-state index contributed by atoms with van der Waals surface area (Å²) < 4.78 is 0. The molecule has 0 unspecified atom stereocenters. The Bertz CT molecular complexity index is 355. The van der Waals surface area contributed by atoms with Crippen LogP contribution in [0.5, 0.6) is 0 Å². The molecule has 3 nitrogen and oxygen atoms in total. The van der Waals surface area contributed by atoms with Crippen molar-refractivity contribution in [3.63, 3.8) is 0 Å². The third-order valence-corrected chi connectivity index (χ3v) is 1.63. The van der Waals surface area contributed by atoms with E-state index in [9.17, 15) is 4.79 Å². The Morgan fingerprint density at radius 1 is 1.27 bits per heavy atom. The van der Waals surface area contributed by atoms with E-state index in [1.54, 1.807) is 12.1 Å². The van der Waals surface area contributed by atoms with E-state index in [1.807, 2.05) is 13.0 Å². The van der Waals surface area contributed by atoms with Crippen molar-refractivity contribution < 1.29 is 4.79 Å². The van der Waals surface area contributed by atoms with Gasteiger partial charge in [0.1, 0.15) is 0 Å². The monoisotopic (exact) mass is 146 g/mol. The number of rotatable bonds is 0. The van der Waals surface area contributed by atoms with E-state index < -0.39 is 0 Å². The predicted molar refractivity (Wildman–Crippen MR) is 40.0 cm³/mol. The molecule has 1 heterocycles. The van der Waals surface area contributed by atoms with E-state index in [2.05, 4.69) is 10.2 Å². The molecular weight excluding hydrogens is 140 g/mol. The molecule has 0 radical (unpaired) electrons. The lowest BCUT2D eigenvalue weighted by atomic mass is 10.1. The van der Waals surface area contributed by atoms with Crippen LogP contribution < -0.4 is 0 Å². The van der Waals surface area contributed by atoms with Gasteiger partial charge >= 0.3 is 0 Å². The van der Waals surface area contributed by atoms with Gasteiger partial charge in [-0.05, 0) is 19.1 Å². The zero-order valence-corrected chi connectivity index (χ0v) is 6.03. The van der Waals surface area contributed by atoms with Gasteiger partial charge in [-0.3, -0.25) is 4.79 Å². The van der Waals surface area contributed by atoms with Crippen LogP contribution in [-0.2, 0) is 0 Å². The molecule has 0 saturated carbocycles. The highest BCUT2D eigenvalue weighted by atomic mass is 16.2. The van der Waals surface area contributed by atoms with Crippen LogP contribution in [0, 0.1) is 6.92 Å². The number of fused-ring (bicyclic) bond motifs is 1. The van der Waals surface area contributed by atoms with Gasteiger partial charge in [-0.25, -0.2) is 0 Å². The topological polar surface area (TPSA) is 41.8 Å². The van der Waals surface area contributed by atoms with Gasteiger partial charge in [0.2, 0.25) is 0 Å². The maximum absolute atomic E-state index is 11.0. The summed E-state index contributed by atoms with van der Waals surface area (Å²) >= 11 is 0. The minimum atomic E-state index is -0.233. The molecule has 2 rings (SSSR count). The summed E-state index contributed by atoms with van der Waals surface area (Å²) in [6.07, 6.45) is 0. The minimum Gasteiger partial charge on any atom is -0.265 e. The minimum absolute atomic E-state index is 0.233. The van der Waals surface area contributed by atoms with Crippen molar-refractivity contribution in [1.29, 1.82) is 0 Å². The highest BCUT2D eigenvalue weighted by molar-refractivity contribution is 6.01. The normalized spacial score (nSPS) is 13.7. The first-order valence-corrected chi connectivity index (χ1v) is 3.34. The molecule has 11 heavy (non-hydrogen) atoms. The number of hydrogen-bond acceptors (Lipinski definition) is 2. The molecule has 1 aliphatic rings. The van der Waals surface area contributed by atoms with Crippen LogP contribution in [0.4, 0.5) is 5.69 Å². The molecule has 0 bridgehead atoms. The average Bonchev–Trinajstić information content (AvgIpc) is 2.33. The van der Waals surface area contributed by atoms with Crippen molar-refractivity contribution in [1.82, 2.24) is 0 Å². The second kappa shape index (κ2) is 1.99. The van der Waals surface area contributed by atoms with Gasteiger partial charge in [-0.2, -0.15) is 0 Å². The first-order chi connectivity index (χ1) is 5.27. The zero-order valence-electron chi connectivity index (χ0n) is 6.03. The Hall–Kier alpha value is -1.51. The third kappa shape index (κ3) is 0.852. The second-order valence-electron chi connectivity index (χ2n) is 2.53. The van der Waals surface area contributed by atoms with Crippen molar-refractivity contribution in [2.75, 3.05) is 0 Å². The van der Waals surface area contributed by atoms with Crippen LogP contribution in [0.2, 0.25) is 0 Å². The van der Waals surface area contributed by atoms with Crippen molar-refractivity contribution in [2.45, 2.75) is 6.92 Å². The fourth-order valence-electron chi connectivity index (χ4n) is 1.06. The van der Waals surface area contributed by atoms with Crippen molar-refractivity contribution in [3.05, 3.63) is 29.3 Å². The first kappa shape index (κ1) is 6.22. The quantitative estimate of drug-likeness (QED) is 0.553. The maximum Gasteiger partial charge on any atom is 0.297 e. The average molecular weight is 146 g/mol. The molecule has 1 aromatic carbocycles. The molecule has 0 aromatic heterocycles. The Morgan fingerprint density at radius 3 is 2.91 bits per heavy atom. The Labute approximate surface area is 63.8 Å². The third-order valence-electron chi connectivity index (χ3n) is 1.63. The van der Waals surface area contributed by atoms with E-state index in [-0.39, 0.29) is 5.91 Å². The molecule has 3 heteroatoms. The van der Waals surface area contributed by atoms with Gasteiger partial charge in [0.25, 0.3) is 5.91 Å². The van der Waals surface area contributed by atoms with Crippen LogP contribution in [0.25, 0.3) is 0 Å². The maximum atomic E-state index is 11.0. The Morgan fingerprint density at radius 2 is 2.09 bits per heavy atom. The number of aryl methyl sites for hydroxylation is 1. The number of nitrogens with zero attached hydrogens (tertiary/aromatic N) is 2. The summed E-state index contributed by atoms with van der Waals surface area (Å²) in [4.78, 5) is 11.0. The molecule has 1 aliphatic heterocycles. The Balaban J connectivity index is 2.67. The predicted octanol–water partition coefficient (Wildman–Crippen LogP) is 2.23. The van der Waals surface area contributed by atoms with Gasteiger partial charge in [-0.1, -0.05) is 11.6 Å². The van der Waals surface area contributed by atoms with Crippen LogP contribution in [0.1, 0.15) is 15.9 Å². The summed E-state index contributed by atoms with van der Waals surface area (Å²) in [5.41, 5.74) is 2.36. The molecule has 0 atom stereocenters. The SMILES string of the molecule is Cc1ccc2c(c1)C(=O)N=N2. The van der Waals surface area contributed by atoms with Crippen LogP contribution in [0.15, 0.2) is 28.4 Å².